The van der Waals surface area contributed by atoms with Crippen LogP contribution in [0.1, 0.15) is 33.0 Å². The largest absolute Gasteiger partial charge is 0.408 e. The third kappa shape index (κ3) is 4.92. The minimum Gasteiger partial charge on any atom is -0.352 e. The number of aromatic nitrogens is 4. The lowest BCUT2D eigenvalue weighted by Gasteiger charge is -2.18. The van der Waals surface area contributed by atoms with Gasteiger partial charge in [-0.2, -0.15) is 28.1 Å². The molecule has 0 aliphatic carbocycles. The maximum atomic E-state index is 13.5. The highest BCUT2D eigenvalue weighted by molar-refractivity contribution is 6.29. The molecule has 0 amide bonds. The smallest absolute Gasteiger partial charge is 0.352 e. The van der Waals surface area contributed by atoms with Crippen molar-refractivity contribution >= 4 is 23.5 Å². The maximum absolute atomic E-state index is 13.5. The Balaban J connectivity index is 2.71. The van der Waals surface area contributed by atoms with Crippen LogP contribution in [0.25, 0.3) is 11.5 Å². The molecule has 0 aliphatic rings. The van der Waals surface area contributed by atoms with Crippen LogP contribution in [0.2, 0.25) is 5.15 Å². The lowest BCUT2D eigenvalue weighted by molar-refractivity contribution is -0.138. The molecule has 0 fully saturated rings. The molecule has 10 heteroatoms. The van der Waals surface area contributed by atoms with Gasteiger partial charge in [0.15, 0.2) is 5.82 Å². The summed E-state index contributed by atoms with van der Waals surface area (Å²) in [5.74, 6) is -2.46. The number of nitrogens with zero attached hydrogens (tertiary/aromatic N) is 4. The molecule has 0 saturated heterocycles. The summed E-state index contributed by atoms with van der Waals surface area (Å²) in [4.78, 5) is 14.7. The van der Waals surface area contributed by atoms with E-state index in [0.29, 0.717) is 0 Å². The monoisotopic (exact) mass is 369 g/mol. The number of anilines is 2. The zero-order valence-corrected chi connectivity index (χ0v) is 12.7. The van der Waals surface area contributed by atoms with E-state index in [4.69, 9.17) is 23.9 Å². The lowest BCUT2D eigenvalue weighted by Crippen LogP contribution is -2.34. The highest BCUT2D eigenvalue weighted by Gasteiger charge is 2.36. The molecule has 0 spiro atoms. The van der Waals surface area contributed by atoms with Crippen molar-refractivity contribution in [1.29, 1.82) is 0 Å². The molecule has 24 heavy (non-hydrogen) atoms. The number of hydrogen-bond donors (Lipinski definition) is 2. The fourth-order valence-electron chi connectivity index (χ4n) is 1.42. The van der Waals surface area contributed by atoms with Gasteiger partial charge in [0.25, 0.3) is 0 Å². The van der Waals surface area contributed by atoms with Crippen molar-refractivity contribution in [3.05, 3.63) is 23.3 Å². The molecule has 130 valence electrons. The molecule has 2 rings (SSSR count). The molecular formula is C14H16ClF3N6. The predicted octanol–water partition coefficient (Wildman–Crippen LogP) is 3.77. The summed E-state index contributed by atoms with van der Waals surface area (Å²) >= 11 is 5.78. The standard InChI is InChI=1S/C14H16ClF3N6/c1-7(2)19-12-22-11(9-5-4-6-10(15)21-9)23-13(24-12)20-8(3)14(16,17)18/h4-8H,1-3H3,(H2,19,20,22,23,24)/t8-/m1/s1/i1D3,3D3,5D,7D,8D/t7-,8-. The van der Waals surface area contributed by atoms with Crippen LogP contribution in [0.4, 0.5) is 25.1 Å². The molecule has 0 bridgehead atoms. The van der Waals surface area contributed by atoms with Crippen LogP contribution < -0.4 is 10.6 Å². The van der Waals surface area contributed by atoms with Crippen LogP contribution in [0, 0.1) is 0 Å². The lowest BCUT2D eigenvalue weighted by atomic mass is 10.3. The highest BCUT2D eigenvalue weighted by atomic mass is 35.5. The maximum Gasteiger partial charge on any atom is 0.408 e. The topological polar surface area (TPSA) is 75.6 Å². The molecule has 0 saturated carbocycles. The number of hydrogen-bond acceptors (Lipinski definition) is 6. The third-order valence-electron chi connectivity index (χ3n) is 2.33. The first-order valence-corrected chi connectivity index (χ1v) is 6.58. The van der Waals surface area contributed by atoms with Crippen LogP contribution in [0.5, 0.6) is 0 Å². The van der Waals surface area contributed by atoms with E-state index in [0.717, 1.165) is 6.92 Å². The summed E-state index contributed by atoms with van der Waals surface area (Å²) < 4.78 is 108. The average Bonchev–Trinajstić information content (AvgIpc) is 2.60. The Bertz CT molecular complexity index is 1010. The van der Waals surface area contributed by atoms with Gasteiger partial charge in [-0.3, -0.25) is 0 Å². The Kier molecular flexibility index (Phi) is 2.79. The van der Waals surface area contributed by atoms with Crippen molar-refractivity contribution in [2.24, 2.45) is 0 Å². The average molecular weight is 370 g/mol. The molecule has 2 heterocycles. The van der Waals surface area contributed by atoms with Gasteiger partial charge in [0.05, 0.1) is 4.11 Å². The van der Waals surface area contributed by atoms with E-state index in [2.05, 4.69) is 25.3 Å². The van der Waals surface area contributed by atoms with Crippen LogP contribution in [-0.4, -0.2) is 38.1 Å². The molecular weight excluding hydrogens is 345 g/mol. The molecule has 0 aliphatic heterocycles. The second-order valence-corrected chi connectivity index (χ2v) is 4.70. The fourth-order valence-corrected chi connectivity index (χ4v) is 1.57. The summed E-state index contributed by atoms with van der Waals surface area (Å²) in [6.07, 6.45) is -5.63. The van der Waals surface area contributed by atoms with Gasteiger partial charge in [-0.15, -0.1) is 0 Å². The van der Waals surface area contributed by atoms with Crippen molar-refractivity contribution in [3.8, 4) is 11.5 Å². The second kappa shape index (κ2) is 7.16. The Morgan fingerprint density at radius 3 is 2.54 bits per heavy atom. The number of halogens is 4. The first kappa shape index (κ1) is 9.36. The quantitative estimate of drug-likeness (QED) is 0.781. The Labute approximate surface area is 154 Å². The van der Waals surface area contributed by atoms with E-state index in [1.807, 2.05) is 0 Å². The van der Waals surface area contributed by atoms with Crippen molar-refractivity contribution in [1.82, 2.24) is 19.9 Å². The third-order valence-corrected chi connectivity index (χ3v) is 2.54. The second-order valence-electron chi connectivity index (χ2n) is 4.31. The summed E-state index contributed by atoms with van der Waals surface area (Å²) in [6, 6.07) is -4.65. The minimum atomic E-state index is -5.63. The normalized spacial score (nSPS) is 23.3. The minimum absolute atomic E-state index is 0.147. The molecule has 0 radical (unpaired) electrons. The molecule has 6 nitrogen and oxygen atoms in total. The van der Waals surface area contributed by atoms with E-state index in [9.17, 15) is 13.2 Å². The van der Waals surface area contributed by atoms with Crippen LogP contribution in [-0.2, 0) is 0 Å². The first-order valence-electron chi connectivity index (χ1n) is 10.7. The van der Waals surface area contributed by atoms with Crippen LogP contribution in [0.3, 0.4) is 0 Å². The fraction of sp³-hybridized carbons (Fsp3) is 0.429. The summed E-state index contributed by atoms with van der Waals surface area (Å²) in [7, 11) is 0. The van der Waals surface area contributed by atoms with Crippen LogP contribution >= 0.6 is 11.6 Å². The van der Waals surface area contributed by atoms with Gasteiger partial charge in [-0.1, -0.05) is 17.7 Å². The van der Waals surface area contributed by atoms with Gasteiger partial charge in [0.1, 0.15) is 16.9 Å². The number of pyridine rings is 1. The van der Waals surface area contributed by atoms with Crippen molar-refractivity contribution in [2.75, 3.05) is 10.6 Å². The van der Waals surface area contributed by atoms with Gasteiger partial charge < -0.3 is 10.6 Å². The van der Waals surface area contributed by atoms with E-state index in [-0.39, 0.29) is 16.9 Å². The predicted molar refractivity (Wildman–Crippen MR) is 86.0 cm³/mol. The van der Waals surface area contributed by atoms with Crippen molar-refractivity contribution in [2.45, 2.75) is 38.8 Å². The number of alkyl halides is 3. The molecule has 0 unspecified atom stereocenters. The summed E-state index contributed by atoms with van der Waals surface area (Å²) in [5.41, 5.74) is -0.368. The van der Waals surface area contributed by atoms with Gasteiger partial charge in [-0.05, 0) is 32.7 Å². The number of nitrogens with one attached hydrogen (secondary N) is 2. The van der Waals surface area contributed by atoms with Crippen molar-refractivity contribution in [3.63, 3.8) is 0 Å². The van der Waals surface area contributed by atoms with Gasteiger partial charge in [-0.25, -0.2) is 4.98 Å². The highest BCUT2D eigenvalue weighted by Crippen LogP contribution is 2.24. The van der Waals surface area contributed by atoms with Gasteiger partial charge in [0, 0.05) is 14.2 Å². The molecule has 2 N–H and O–H groups in total. The van der Waals surface area contributed by atoms with Crippen LogP contribution in [0.15, 0.2) is 18.2 Å². The zero-order chi connectivity index (χ0) is 25.6. The van der Waals surface area contributed by atoms with E-state index < -0.39 is 49.6 Å². The number of rotatable bonds is 5. The van der Waals surface area contributed by atoms with E-state index in [1.165, 1.54) is 17.4 Å². The van der Waals surface area contributed by atoms with E-state index >= 15 is 0 Å². The Hall–Kier alpha value is -2.16. The Morgan fingerprint density at radius 2 is 1.92 bits per heavy atom. The Morgan fingerprint density at radius 1 is 1.21 bits per heavy atom. The van der Waals surface area contributed by atoms with Gasteiger partial charge in [0.2, 0.25) is 11.9 Å². The summed E-state index contributed by atoms with van der Waals surface area (Å²) in [5, 5.41) is 3.35. The molecule has 0 aromatic carbocycles. The zero-order valence-electron chi connectivity index (χ0n) is 21.0. The van der Waals surface area contributed by atoms with Crippen molar-refractivity contribution < 1.29 is 25.5 Å². The molecule has 2 atom stereocenters. The van der Waals surface area contributed by atoms with Gasteiger partial charge >= 0.3 is 6.18 Å². The SMILES string of the molecule is [2H]c1ccc(Cl)nc1-c1nc(N[C@]([2H])(C([2H])([2H])[2H])C(F)(F)F)nc(N[C@@]([2H])(C)C([2H])([2H])[2H])n1. The molecule has 2 aromatic rings. The summed E-state index contributed by atoms with van der Waals surface area (Å²) in [6.45, 7) is -5.98. The van der Waals surface area contributed by atoms with E-state index in [1.54, 1.807) is 0 Å². The molecule has 2 aromatic heterocycles. The first-order chi connectivity index (χ1) is 14.7.